The van der Waals surface area contributed by atoms with Gasteiger partial charge in [0.15, 0.2) is 0 Å². The van der Waals surface area contributed by atoms with Gasteiger partial charge in [-0.1, -0.05) is 332 Å². The van der Waals surface area contributed by atoms with E-state index in [1.807, 2.05) is 33.3 Å². The summed E-state index contributed by atoms with van der Waals surface area (Å²) in [5.74, 6) is -0.527. The number of nitrogens with zero attached hydrogens (tertiary/aromatic N) is 1. The summed E-state index contributed by atoms with van der Waals surface area (Å²) < 4.78 is 30.5. The minimum atomic E-state index is -4.71. The molecular weight excluding hydrogens is 1130 g/mol. The number of carbonyl (C=O) groups is 2. The highest BCUT2D eigenvalue weighted by Crippen LogP contribution is 2.38. The van der Waals surface area contributed by atoms with Gasteiger partial charge in [0.2, 0.25) is 5.91 Å². The molecule has 0 aromatic heterocycles. The fourth-order valence-electron chi connectivity index (χ4n) is 11.4. The summed E-state index contributed by atoms with van der Waals surface area (Å²) in [5.41, 5.74) is 0. The third kappa shape index (κ3) is 69.8. The first kappa shape index (κ1) is 87.5. The van der Waals surface area contributed by atoms with Crippen molar-refractivity contribution in [2.45, 2.75) is 386 Å². The van der Waals surface area contributed by atoms with Crippen LogP contribution in [0.4, 0.5) is 0 Å². The van der Waals surface area contributed by atoms with E-state index in [1.54, 1.807) is 0 Å². The van der Waals surface area contributed by atoms with Gasteiger partial charge >= 0.3 is 5.97 Å². The van der Waals surface area contributed by atoms with E-state index >= 15 is 0 Å². The standard InChI is InChI=1S/C80H149N2O7P/c1-7-10-13-16-19-22-25-28-30-32-34-36-38-40-41-43-45-47-49-51-53-55-58-61-64-67-70-73-80(84)89-78(71-68-65-62-59-56-27-24-21-18-15-12-9-3)77(76-88-90(85,86)87-75-74-82(4,5)6)81-79(83)72-69-66-63-60-57-54-52-50-48-46-44-42-39-37-35-33-31-29-26-23-20-17-14-11-8-2/h19-20,22-23,28-31,34,36,68,71,77-78H,7-18,21,24-27,32-33,35,37-67,69-70,72-76H2,1-6H3,(H-,81,83,85,86)/b22-19-,23-20-,30-28-,31-29-,36-34-,71-68+. The molecule has 0 heterocycles. The lowest BCUT2D eigenvalue weighted by Crippen LogP contribution is -2.47. The summed E-state index contributed by atoms with van der Waals surface area (Å²) in [4.78, 5) is 40.3. The van der Waals surface area contributed by atoms with Crippen LogP contribution in [0, 0.1) is 0 Å². The van der Waals surface area contributed by atoms with Crippen molar-refractivity contribution in [1.82, 2.24) is 5.32 Å². The average Bonchev–Trinajstić information content (AvgIpc) is 3.12. The Kier molecular flexibility index (Phi) is 67.3. The summed E-state index contributed by atoms with van der Waals surface area (Å²) in [6.45, 7) is 6.84. The van der Waals surface area contributed by atoms with Crippen LogP contribution in [0.2, 0.25) is 0 Å². The molecule has 0 bridgehead atoms. The second-order valence-electron chi connectivity index (χ2n) is 27.5. The van der Waals surface area contributed by atoms with E-state index in [0.29, 0.717) is 17.4 Å². The zero-order valence-electron chi connectivity index (χ0n) is 60.3. The van der Waals surface area contributed by atoms with Gasteiger partial charge in [-0.25, -0.2) is 0 Å². The molecule has 0 saturated heterocycles. The lowest BCUT2D eigenvalue weighted by atomic mass is 10.0. The number of amides is 1. The van der Waals surface area contributed by atoms with Crippen molar-refractivity contribution < 1.29 is 37.3 Å². The van der Waals surface area contributed by atoms with Gasteiger partial charge in [0.25, 0.3) is 7.82 Å². The molecule has 1 amide bonds. The Balaban J connectivity index is 4.94. The SMILES string of the molecule is CCCCC/C=C\C/C=C\C/C=C\CCCCCCCCCCCCCCCCC(=O)OC(/C=C/CCCCCCCCCCCC)C(COP(=O)([O-])OCC[N+](C)(C)C)NC(=O)CCCCCCCCCCCCCCCCC/C=C\C/C=C\CCCCC. The van der Waals surface area contributed by atoms with E-state index < -0.39 is 20.0 Å². The minimum absolute atomic E-state index is 0.0223. The normalized spacial score (nSPS) is 13.8. The van der Waals surface area contributed by atoms with Gasteiger partial charge in [-0.05, 0) is 102 Å². The summed E-state index contributed by atoms with van der Waals surface area (Å²) in [6, 6.07) is -0.891. The largest absolute Gasteiger partial charge is 0.756 e. The Morgan fingerprint density at radius 2 is 0.678 bits per heavy atom. The number of quaternary nitrogens is 1. The minimum Gasteiger partial charge on any atom is -0.756 e. The highest BCUT2D eigenvalue weighted by atomic mass is 31.2. The van der Waals surface area contributed by atoms with Gasteiger partial charge in [0.1, 0.15) is 19.3 Å². The number of hydrogen-bond acceptors (Lipinski definition) is 7. The predicted octanol–water partition coefficient (Wildman–Crippen LogP) is 24.4. The molecule has 10 heteroatoms. The maximum absolute atomic E-state index is 13.6. The van der Waals surface area contributed by atoms with Gasteiger partial charge in [-0.15, -0.1) is 0 Å². The van der Waals surface area contributed by atoms with Crippen LogP contribution in [-0.2, 0) is 27.9 Å². The molecule has 0 aliphatic rings. The topological polar surface area (TPSA) is 114 Å². The molecule has 90 heavy (non-hydrogen) atoms. The number of phosphoric acid groups is 1. The number of likely N-dealkylation sites (N-methyl/N-ethyl adjacent to an activating group) is 1. The Morgan fingerprint density at radius 3 is 1.03 bits per heavy atom. The van der Waals surface area contributed by atoms with Crippen molar-refractivity contribution >= 4 is 19.7 Å². The van der Waals surface area contributed by atoms with Gasteiger partial charge in [-0.3, -0.25) is 14.2 Å². The number of hydrogen-bond donors (Lipinski definition) is 1. The number of ether oxygens (including phenoxy) is 1. The first-order valence-corrected chi connectivity index (χ1v) is 40.2. The highest BCUT2D eigenvalue weighted by Gasteiger charge is 2.27. The molecule has 0 saturated carbocycles. The quantitative estimate of drug-likeness (QED) is 0.0212. The molecule has 0 rings (SSSR count). The lowest BCUT2D eigenvalue weighted by molar-refractivity contribution is -0.870. The number of carbonyl (C=O) groups excluding carboxylic acids is 2. The Morgan fingerprint density at radius 1 is 0.389 bits per heavy atom. The van der Waals surface area contributed by atoms with Crippen molar-refractivity contribution in [2.75, 3.05) is 40.9 Å². The fourth-order valence-corrected chi connectivity index (χ4v) is 12.1. The molecule has 0 radical (unpaired) electrons. The molecule has 9 nitrogen and oxygen atoms in total. The summed E-state index contributed by atoms with van der Waals surface area (Å²) in [5, 5.41) is 3.05. The third-order valence-electron chi connectivity index (χ3n) is 17.4. The van der Waals surface area contributed by atoms with E-state index in [9.17, 15) is 19.0 Å². The second kappa shape index (κ2) is 69.3. The van der Waals surface area contributed by atoms with Crippen molar-refractivity contribution in [1.29, 1.82) is 0 Å². The van der Waals surface area contributed by atoms with Crippen molar-refractivity contribution in [3.63, 3.8) is 0 Å². The molecular formula is C80H149N2O7P. The predicted molar refractivity (Wildman–Crippen MR) is 390 cm³/mol. The monoisotopic (exact) mass is 1280 g/mol. The van der Waals surface area contributed by atoms with Crippen LogP contribution in [0.5, 0.6) is 0 Å². The molecule has 0 aromatic rings. The number of unbranched alkanes of at least 4 members (excludes halogenated alkanes) is 45. The number of nitrogens with one attached hydrogen (secondary N) is 1. The Labute approximate surface area is 559 Å². The molecule has 0 fully saturated rings. The van der Waals surface area contributed by atoms with Crippen LogP contribution in [0.15, 0.2) is 72.9 Å². The smallest absolute Gasteiger partial charge is 0.306 e. The number of allylic oxidation sites excluding steroid dienone is 11. The van der Waals surface area contributed by atoms with Gasteiger partial charge in [-0.2, -0.15) is 0 Å². The lowest BCUT2D eigenvalue weighted by Gasteiger charge is -2.30. The van der Waals surface area contributed by atoms with Crippen LogP contribution in [0.3, 0.4) is 0 Å². The van der Waals surface area contributed by atoms with Gasteiger partial charge in [0.05, 0.1) is 33.8 Å². The van der Waals surface area contributed by atoms with Crippen molar-refractivity contribution in [3.05, 3.63) is 72.9 Å². The first-order valence-electron chi connectivity index (χ1n) is 38.7. The summed E-state index contributed by atoms with van der Waals surface area (Å²) in [7, 11) is 1.20. The van der Waals surface area contributed by atoms with Gasteiger partial charge < -0.3 is 28.5 Å². The Hall–Kier alpha value is -2.55. The highest BCUT2D eigenvalue weighted by molar-refractivity contribution is 7.45. The molecule has 0 spiro atoms. The van der Waals surface area contributed by atoms with Crippen molar-refractivity contribution in [2.24, 2.45) is 0 Å². The molecule has 0 aliphatic carbocycles. The third-order valence-corrected chi connectivity index (χ3v) is 18.3. The van der Waals surface area contributed by atoms with Crippen LogP contribution in [-0.4, -0.2) is 69.4 Å². The number of phosphoric ester groups is 1. The summed E-state index contributed by atoms with van der Waals surface area (Å²) in [6.07, 6.45) is 91.8. The zero-order chi connectivity index (χ0) is 65.6. The molecule has 3 unspecified atom stereocenters. The van der Waals surface area contributed by atoms with Crippen molar-refractivity contribution in [3.8, 4) is 0 Å². The Bertz CT molecular complexity index is 1770. The number of esters is 1. The fraction of sp³-hybridized carbons (Fsp3) is 0.825. The number of rotatable bonds is 71. The molecule has 526 valence electrons. The second-order valence-corrected chi connectivity index (χ2v) is 28.9. The van der Waals surface area contributed by atoms with E-state index in [-0.39, 0.29) is 31.5 Å². The zero-order valence-corrected chi connectivity index (χ0v) is 61.2. The van der Waals surface area contributed by atoms with E-state index in [1.165, 1.54) is 263 Å². The molecule has 0 aromatic carbocycles. The molecule has 1 N–H and O–H groups in total. The molecule has 0 aliphatic heterocycles. The first-order chi connectivity index (χ1) is 43.9. The van der Waals surface area contributed by atoms with E-state index in [2.05, 4.69) is 86.8 Å². The van der Waals surface area contributed by atoms with Crippen LogP contribution in [0.25, 0.3) is 0 Å². The van der Waals surface area contributed by atoms with Crippen LogP contribution in [0.1, 0.15) is 374 Å². The van der Waals surface area contributed by atoms with E-state index in [0.717, 1.165) is 77.0 Å². The van der Waals surface area contributed by atoms with E-state index in [4.69, 9.17) is 13.8 Å². The van der Waals surface area contributed by atoms with Crippen LogP contribution >= 0.6 is 7.82 Å². The average molecular weight is 1280 g/mol. The summed E-state index contributed by atoms with van der Waals surface area (Å²) >= 11 is 0. The van der Waals surface area contributed by atoms with Crippen LogP contribution < -0.4 is 10.2 Å². The maximum Gasteiger partial charge on any atom is 0.306 e. The van der Waals surface area contributed by atoms with Gasteiger partial charge in [0, 0.05) is 12.8 Å². The molecule has 3 atom stereocenters. The maximum atomic E-state index is 13.6.